The predicted octanol–water partition coefficient (Wildman–Crippen LogP) is 2.18. The van der Waals surface area contributed by atoms with Crippen LogP contribution >= 0.6 is 0 Å². The lowest BCUT2D eigenvalue weighted by Crippen LogP contribution is -2.46. The monoisotopic (exact) mass is 290 g/mol. The third kappa shape index (κ3) is 4.29. The molecule has 0 atom stereocenters. The van der Waals surface area contributed by atoms with Gasteiger partial charge in [0.25, 0.3) is 5.91 Å². The van der Waals surface area contributed by atoms with E-state index in [0.29, 0.717) is 6.04 Å². The fourth-order valence-electron chi connectivity index (χ4n) is 2.72. The molecule has 0 spiro atoms. The third-order valence-corrected chi connectivity index (χ3v) is 4.06. The van der Waals surface area contributed by atoms with E-state index in [2.05, 4.69) is 4.90 Å². The second kappa shape index (κ2) is 7.57. The van der Waals surface area contributed by atoms with Crippen LogP contribution in [0.3, 0.4) is 0 Å². The minimum absolute atomic E-state index is 0.154. The standard InChI is InChI=1S/C17H26N2O2/c1-14-6-4-5-7-16(14)17(20)19(11-10-18(2)3)15-8-12-21-13-9-15/h4-7,15H,8-13H2,1-3H3. The Morgan fingerprint density at radius 2 is 1.86 bits per heavy atom. The molecule has 4 nitrogen and oxygen atoms in total. The Morgan fingerprint density at radius 1 is 1.19 bits per heavy atom. The van der Waals surface area contributed by atoms with Crippen molar-refractivity contribution < 1.29 is 9.53 Å². The zero-order chi connectivity index (χ0) is 15.2. The van der Waals surface area contributed by atoms with E-state index in [1.807, 2.05) is 50.2 Å². The average Bonchev–Trinajstić information content (AvgIpc) is 2.48. The molecule has 21 heavy (non-hydrogen) atoms. The number of benzene rings is 1. The molecule has 1 saturated heterocycles. The summed E-state index contributed by atoms with van der Waals surface area (Å²) in [6, 6.07) is 8.14. The number of ether oxygens (including phenoxy) is 1. The van der Waals surface area contributed by atoms with Crippen molar-refractivity contribution in [3.05, 3.63) is 35.4 Å². The molecule has 1 aliphatic rings. The van der Waals surface area contributed by atoms with Gasteiger partial charge in [0, 0.05) is 37.9 Å². The van der Waals surface area contributed by atoms with E-state index in [4.69, 9.17) is 4.74 Å². The number of aryl methyl sites for hydroxylation is 1. The first-order valence-corrected chi connectivity index (χ1v) is 7.68. The molecule has 0 saturated carbocycles. The largest absolute Gasteiger partial charge is 0.381 e. The van der Waals surface area contributed by atoms with Crippen LogP contribution < -0.4 is 0 Å². The third-order valence-electron chi connectivity index (χ3n) is 4.06. The second-order valence-electron chi connectivity index (χ2n) is 5.96. The quantitative estimate of drug-likeness (QED) is 0.833. The van der Waals surface area contributed by atoms with Gasteiger partial charge in [-0.3, -0.25) is 4.79 Å². The molecular weight excluding hydrogens is 264 g/mol. The summed E-state index contributed by atoms with van der Waals surface area (Å²) >= 11 is 0. The van der Waals surface area contributed by atoms with Crippen molar-refractivity contribution in [2.45, 2.75) is 25.8 Å². The van der Waals surface area contributed by atoms with Gasteiger partial charge >= 0.3 is 0 Å². The Kier molecular flexibility index (Phi) is 5.76. The molecule has 1 aromatic carbocycles. The molecule has 4 heteroatoms. The van der Waals surface area contributed by atoms with Crippen LogP contribution in [0.15, 0.2) is 24.3 Å². The lowest BCUT2D eigenvalue weighted by molar-refractivity contribution is 0.0275. The molecule has 1 heterocycles. The van der Waals surface area contributed by atoms with Gasteiger partial charge in [-0.15, -0.1) is 0 Å². The Morgan fingerprint density at radius 3 is 2.48 bits per heavy atom. The molecule has 116 valence electrons. The maximum Gasteiger partial charge on any atom is 0.254 e. The van der Waals surface area contributed by atoms with Crippen molar-refractivity contribution in [1.82, 2.24) is 9.80 Å². The first kappa shape index (κ1) is 16.0. The van der Waals surface area contributed by atoms with Gasteiger partial charge in [-0.2, -0.15) is 0 Å². The lowest BCUT2D eigenvalue weighted by atomic mass is 10.0. The summed E-state index contributed by atoms with van der Waals surface area (Å²) in [6.07, 6.45) is 1.87. The molecule has 0 aliphatic carbocycles. The smallest absolute Gasteiger partial charge is 0.254 e. The molecule has 1 fully saturated rings. The number of likely N-dealkylation sites (N-methyl/N-ethyl adjacent to an activating group) is 1. The van der Waals surface area contributed by atoms with Crippen molar-refractivity contribution >= 4 is 5.91 Å². The van der Waals surface area contributed by atoms with E-state index in [9.17, 15) is 4.79 Å². The van der Waals surface area contributed by atoms with E-state index in [1.165, 1.54) is 0 Å². The maximum atomic E-state index is 12.9. The fourth-order valence-corrected chi connectivity index (χ4v) is 2.72. The Labute approximate surface area is 127 Å². The van der Waals surface area contributed by atoms with Gasteiger partial charge in [0.2, 0.25) is 0 Å². The summed E-state index contributed by atoms with van der Waals surface area (Å²) in [4.78, 5) is 17.1. The number of hydrogen-bond donors (Lipinski definition) is 0. The summed E-state index contributed by atoms with van der Waals surface area (Å²) in [5, 5.41) is 0. The van der Waals surface area contributed by atoms with E-state index in [-0.39, 0.29) is 5.91 Å². The fraction of sp³-hybridized carbons (Fsp3) is 0.588. The van der Waals surface area contributed by atoms with Crippen LogP contribution in [0.1, 0.15) is 28.8 Å². The van der Waals surface area contributed by atoms with E-state index >= 15 is 0 Å². The number of amides is 1. The summed E-state index contributed by atoms with van der Waals surface area (Å²) in [5.74, 6) is 0.154. The van der Waals surface area contributed by atoms with Crippen molar-refractivity contribution in [2.75, 3.05) is 40.4 Å². The first-order valence-electron chi connectivity index (χ1n) is 7.68. The van der Waals surface area contributed by atoms with Gasteiger partial charge in [-0.1, -0.05) is 18.2 Å². The Balaban J connectivity index is 2.17. The van der Waals surface area contributed by atoms with Crippen LogP contribution in [-0.4, -0.2) is 62.1 Å². The van der Waals surface area contributed by atoms with Gasteiger partial charge in [0.1, 0.15) is 0 Å². The normalized spacial score (nSPS) is 16.2. The summed E-state index contributed by atoms with van der Waals surface area (Å²) in [6.45, 7) is 5.16. The highest BCUT2D eigenvalue weighted by molar-refractivity contribution is 5.95. The highest BCUT2D eigenvalue weighted by Crippen LogP contribution is 2.19. The number of nitrogens with zero attached hydrogens (tertiary/aromatic N) is 2. The van der Waals surface area contributed by atoms with Gasteiger partial charge in [-0.25, -0.2) is 0 Å². The molecular formula is C17H26N2O2. The van der Waals surface area contributed by atoms with E-state index < -0.39 is 0 Å². The van der Waals surface area contributed by atoms with Crippen LogP contribution in [0, 0.1) is 6.92 Å². The molecule has 0 radical (unpaired) electrons. The van der Waals surface area contributed by atoms with E-state index in [1.54, 1.807) is 0 Å². The minimum Gasteiger partial charge on any atom is -0.381 e. The van der Waals surface area contributed by atoms with Crippen LogP contribution in [0.2, 0.25) is 0 Å². The number of carbonyl (C=O) groups excluding carboxylic acids is 1. The molecule has 1 aliphatic heterocycles. The topological polar surface area (TPSA) is 32.8 Å². The maximum absolute atomic E-state index is 12.9. The van der Waals surface area contributed by atoms with Crippen LogP contribution in [-0.2, 0) is 4.74 Å². The second-order valence-corrected chi connectivity index (χ2v) is 5.96. The van der Waals surface area contributed by atoms with Crippen LogP contribution in [0.5, 0.6) is 0 Å². The lowest BCUT2D eigenvalue weighted by Gasteiger charge is -2.35. The molecule has 2 rings (SSSR count). The summed E-state index contributed by atoms with van der Waals surface area (Å²) in [7, 11) is 4.08. The molecule has 0 unspecified atom stereocenters. The Hall–Kier alpha value is -1.39. The molecule has 1 aromatic rings. The average molecular weight is 290 g/mol. The van der Waals surface area contributed by atoms with Crippen molar-refractivity contribution in [3.63, 3.8) is 0 Å². The van der Waals surface area contributed by atoms with Gasteiger partial charge < -0.3 is 14.5 Å². The minimum atomic E-state index is 0.154. The first-order chi connectivity index (χ1) is 10.1. The van der Waals surface area contributed by atoms with Crippen molar-refractivity contribution in [2.24, 2.45) is 0 Å². The Bertz CT molecular complexity index is 468. The molecule has 1 amide bonds. The summed E-state index contributed by atoms with van der Waals surface area (Å²) in [5.41, 5.74) is 1.87. The van der Waals surface area contributed by atoms with Crippen LogP contribution in [0.25, 0.3) is 0 Å². The number of hydrogen-bond acceptors (Lipinski definition) is 3. The summed E-state index contributed by atoms with van der Waals surface area (Å²) < 4.78 is 5.44. The van der Waals surface area contributed by atoms with Gasteiger partial charge in [0.05, 0.1) is 0 Å². The van der Waals surface area contributed by atoms with E-state index in [0.717, 1.165) is 50.3 Å². The van der Waals surface area contributed by atoms with Gasteiger partial charge in [0.15, 0.2) is 0 Å². The van der Waals surface area contributed by atoms with Gasteiger partial charge in [-0.05, 0) is 45.5 Å². The SMILES string of the molecule is Cc1ccccc1C(=O)N(CCN(C)C)C1CCOCC1. The van der Waals surface area contributed by atoms with Crippen molar-refractivity contribution in [1.29, 1.82) is 0 Å². The van der Waals surface area contributed by atoms with Crippen LogP contribution in [0.4, 0.5) is 0 Å². The highest BCUT2D eigenvalue weighted by Gasteiger charge is 2.27. The molecule has 0 bridgehead atoms. The molecule has 0 aromatic heterocycles. The van der Waals surface area contributed by atoms with Crippen molar-refractivity contribution in [3.8, 4) is 0 Å². The number of rotatable bonds is 5. The zero-order valence-electron chi connectivity index (χ0n) is 13.3. The zero-order valence-corrected chi connectivity index (χ0v) is 13.3. The number of carbonyl (C=O) groups is 1. The highest BCUT2D eigenvalue weighted by atomic mass is 16.5. The predicted molar refractivity (Wildman–Crippen MR) is 84.6 cm³/mol. The molecule has 0 N–H and O–H groups in total.